The Morgan fingerprint density at radius 1 is 1.28 bits per heavy atom. The summed E-state index contributed by atoms with van der Waals surface area (Å²) >= 11 is 1.68. The van der Waals surface area contributed by atoms with Crippen LogP contribution in [0.1, 0.15) is 37.6 Å². The van der Waals surface area contributed by atoms with E-state index < -0.39 is 5.54 Å². The largest absolute Gasteiger partial charge is 0.394 e. The minimum absolute atomic E-state index is 0.0420. The molecular formula is C13H23N3OS. The number of nitrogens with zero attached hydrogens (tertiary/aromatic N) is 2. The van der Waals surface area contributed by atoms with Crippen LogP contribution in [0.15, 0.2) is 11.2 Å². The Balaban J connectivity index is 2.26. The van der Waals surface area contributed by atoms with E-state index in [0.29, 0.717) is 0 Å². The topological polar surface area (TPSA) is 72.0 Å². The zero-order valence-electron chi connectivity index (χ0n) is 11.4. The first-order chi connectivity index (χ1) is 8.43. The Morgan fingerprint density at radius 2 is 1.89 bits per heavy atom. The highest BCUT2D eigenvalue weighted by molar-refractivity contribution is 7.99. The molecule has 0 fully saturated rings. The molecule has 0 bridgehead atoms. The molecule has 0 saturated carbocycles. The molecule has 0 spiro atoms. The Hall–Kier alpha value is -0.650. The Labute approximate surface area is 113 Å². The quantitative estimate of drug-likeness (QED) is 0.450. The van der Waals surface area contributed by atoms with Crippen LogP contribution in [0.4, 0.5) is 0 Å². The van der Waals surface area contributed by atoms with Crippen molar-refractivity contribution in [3.05, 3.63) is 17.5 Å². The Bertz CT molecular complexity index is 362. The third kappa shape index (κ3) is 5.80. The lowest BCUT2D eigenvalue weighted by Crippen LogP contribution is -2.39. The van der Waals surface area contributed by atoms with Gasteiger partial charge < -0.3 is 10.8 Å². The van der Waals surface area contributed by atoms with E-state index in [4.69, 9.17) is 10.8 Å². The standard InChI is InChI=1S/C13H23N3OS/c1-10-8-11(2)16-12(15-10)18-7-5-4-6-13(3,14)9-17/h8,17H,4-7,9,14H2,1-3H3. The fraction of sp³-hybridized carbons (Fsp3) is 0.692. The average molecular weight is 269 g/mol. The van der Waals surface area contributed by atoms with E-state index in [1.165, 1.54) is 0 Å². The smallest absolute Gasteiger partial charge is 0.187 e. The number of aliphatic hydroxyl groups excluding tert-OH is 1. The molecule has 4 nitrogen and oxygen atoms in total. The molecule has 0 saturated heterocycles. The number of hydrogen-bond donors (Lipinski definition) is 2. The lowest BCUT2D eigenvalue weighted by atomic mass is 9.98. The second-order valence-electron chi connectivity index (χ2n) is 5.05. The molecule has 1 unspecified atom stereocenters. The van der Waals surface area contributed by atoms with Crippen molar-refractivity contribution in [2.75, 3.05) is 12.4 Å². The predicted molar refractivity (Wildman–Crippen MR) is 75.8 cm³/mol. The third-order valence-corrected chi connectivity index (χ3v) is 3.63. The fourth-order valence-corrected chi connectivity index (χ4v) is 2.58. The third-order valence-electron chi connectivity index (χ3n) is 2.70. The van der Waals surface area contributed by atoms with Crippen LogP contribution >= 0.6 is 11.8 Å². The minimum Gasteiger partial charge on any atom is -0.394 e. The normalized spacial score (nSPS) is 14.5. The highest BCUT2D eigenvalue weighted by atomic mass is 32.2. The fourth-order valence-electron chi connectivity index (χ4n) is 1.63. The van der Waals surface area contributed by atoms with Gasteiger partial charge in [-0.15, -0.1) is 0 Å². The summed E-state index contributed by atoms with van der Waals surface area (Å²) < 4.78 is 0. The van der Waals surface area contributed by atoms with Crippen molar-refractivity contribution in [3.8, 4) is 0 Å². The number of nitrogens with two attached hydrogens (primary N) is 1. The van der Waals surface area contributed by atoms with Gasteiger partial charge in [-0.1, -0.05) is 18.2 Å². The van der Waals surface area contributed by atoms with Crippen LogP contribution in [0.3, 0.4) is 0 Å². The maximum absolute atomic E-state index is 9.04. The molecule has 0 amide bonds. The lowest BCUT2D eigenvalue weighted by molar-refractivity contribution is 0.198. The molecule has 102 valence electrons. The SMILES string of the molecule is Cc1cc(C)nc(SCCCCC(C)(N)CO)n1. The van der Waals surface area contributed by atoms with Gasteiger partial charge in [-0.3, -0.25) is 0 Å². The summed E-state index contributed by atoms with van der Waals surface area (Å²) in [4.78, 5) is 8.77. The van der Waals surface area contributed by atoms with Gasteiger partial charge in [-0.25, -0.2) is 9.97 Å². The molecule has 3 N–H and O–H groups in total. The maximum atomic E-state index is 9.04. The van der Waals surface area contributed by atoms with Crippen molar-refractivity contribution in [2.24, 2.45) is 5.73 Å². The van der Waals surface area contributed by atoms with Crippen molar-refractivity contribution in [2.45, 2.75) is 50.7 Å². The number of rotatable bonds is 7. The number of aryl methyl sites for hydroxylation is 2. The molecule has 1 rings (SSSR count). The number of thioether (sulfide) groups is 1. The first kappa shape index (κ1) is 15.4. The molecule has 18 heavy (non-hydrogen) atoms. The predicted octanol–water partition coefficient (Wildman–Crippen LogP) is 2.07. The number of unbranched alkanes of at least 4 members (excludes halogenated alkanes) is 1. The number of aromatic nitrogens is 2. The van der Waals surface area contributed by atoms with Gasteiger partial charge >= 0.3 is 0 Å². The Morgan fingerprint density at radius 3 is 2.44 bits per heavy atom. The molecule has 1 aromatic rings. The number of aliphatic hydroxyl groups is 1. The van der Waals surface area contributed by atoms with Gasteiger partial charge in [0.15, 0.2) is 5.16 Å². The molecular weight excluding hydrogens is 246 g/mol. The van der Waals surface area contributed by atoms with Crippen LogP contribution in [-0.4, -0.2) is 33.0 Å². The summed E-state index contributed by atoms with van der Waals surface area (Å²) in [5, 5.41) is 9.89. The molecule has 0 radical (unpaired) electrons. The zero-order chi connectivity index (χ0) is 13.6. The van der Waals surface area contributed by atoms with Gasteiger partial charge in [-0.2, -0.15) is 0 Å². The molecule has 1 atom stereocenters. The molecule has 1 aromatic heterocycles. The van der Waals surface area contributed by atoms with Crippen LogP contribution in [0.25, 0.3) is 0 Å². The summed E-state index contributed by atoms with van der Waals surface area (Å²) in [6, 6.07) is 1.98. The van der Waals surface area contributed by atoms with Gasteiger partial charge in [0.2, 0.25) is 0 Å². The highest BCUT2D eigenvalue weighted by Crippen LogP contribution is 2.17. The summed E-state index contributed by atoms with van der Waals surface area (Å²) in [7, 11) is 0. The summed E-state index contributed by atoms with van der Waals surface area (Å²) in [5.74, 6) is 0.990. The Kier molecular flexibility index (Phi) is 6.05. The minimum atomic E-state index is -0.443. The van der Waals surface area contributed by atoms with Crippen molar-refractivity contribution in [1.82, 2.24) is 9.97 Å². The average Bonchev–Trinajstić information content (AvgIpc) is 2.27. The molecule has 0 aliphatic rings. The van der Waals surface area contributed by atoms with E-state index in [0.717, 1.165) is 41.6 Å². The van der Waals surface area contributed by atoms with Crippen LogP contribution in [-0.2, 0) is 0 Å². The van der Waals surface area contributed by atoms with E-state index in [9.17, 15) is 0 Å². The van der Waals surface area contributed by atoms with E-state index in [1.807, 2.05) is 26.8 Å². The molecule has 0 aliphatic heterocycles. The summed E-state index contributed by atoms with van der Waals surface area (Å²) in [6.45, 7) is 5.90. The zero-order valence-corrected chi connectivity index (χ0v) is 12.3. The second-order valence-corrected chi connectivity index (χ2v) is 6.11. The van der Waals surface area contributed by atoms with Crippen LogP contribution in [0, 0.1) is 13.8 Å². The molecule has 1 heterocycles. The van der Waals surface area contributed by atoms with Crippen LogP contribution < -0.4 is 5.73 Å². The van der Waals surface area contributed by atoms with E-state index in [-0.39, 0.29) is 6.61 Å². The first-order valence-corrected chi connectivity index (χ1v) is 7.26. The first-order valence-electron chi connectivity index (χ1n) is 6.28. The van der Waals surface area contributed by atoms with Gasteiger partial charge in [-0.05, 0) is 39.7 Å². The lowest BCUT2D eigenvalue weighted by Gasteiger charge is -2.21. The van der Waals surface area contributed by atoms with Crippen molar-refractivity contribution in [1.29, 1.82) is 0 Å². The monoisotopic (exact) mass is 269 g/mol. The van der Waals surface area contributed by atoms with E-state index in [1.54, 1.807) is 11.8 Å². The van der Waals surface area contributed by atoms with Crippen LogP contribution in [0.5, 0.6) is 0 Å². The summed E-state index contributed by atoms with van der Waals surface area (Å²) in [5.41, 5.74) is 7.45. The van der Waals surface area contributed by atoms with E-state index in [2.05, 4.69) is 9.97 Å². The summed E-state index contributed by atoms with van der Waals surface area (Å²) in [6.07, 6.45) is 2.93. The van der Waals surface area contributed by atoms with Gasteiger partial charge in [0, 0.05) is 22.7 Å². The van der Waals surface area contributed by atoms with Crippen molar-refractivity contribution in [3.63, 3.8) is 0 Å². The van der Waals surface area contributed by atoms with Crippen molar-refractivity contribution < 1.29 is 5.11 Å². The second kappa shape index (κ2) is 7.07. The van der Waals surface area contributed by atoms with E-state index >= 15 is 0 Å². The van der Waals surface area contributed by atoms with Gasteiger partial charge in [0.1, 0.15) is 0 Å². The molecule has 5 heteroatoms. The highest BCUT2D eigenvalue weighted by Gasteiger charge is 2.15. The number of hydrogen-bond acceptors (Lipinski definition) is 5. The maximum Gasteiger partial charge on any atom is 0.187 e. The van der Waals surface area contributed by atoms with Crippen LogP contribution in [0.2, 0.25) is 0 Å². The van der Waals surface area contributed by atoms with Crippen molar-refractivity contribution >= 4 is 11.8 Å². The van der Waals surface area contributed by atoms with Gasteiger partial charge in [0.25, 0.3) is 0 Å². The molecule has 0 aliphatic carbocycles. The van der Waals surface area contributed by atoms with Gasteiger partial charge in [0.05, 0.1) is 6.61 Å². The molecule has 0 aromatic carbocycles.